The van der Waals surface area contributed by atoms with Crippen LogP contribution < -0.4 is 5.56 Å². The highest BCUT2D eigenvalue weighted by Crippen LogP contribution is 2.23. The number of hydrogen-bond acceptors (Lipinski definition) is 3. The van der Waals surface area contributed by atoms with Crippen LogP contribution in [0.2, 0.25) is 0 Å². The first-order valence-corrected chi connectivity index (χ1v) is 4.76. The van der Waals surface area contributed by atoms with Gasteiger partial charge in [-0.3, -0.25) is 4.79 Å². The molecule has 0 aliphatic heterocycles. The molecule has 0 bridgehead atoms. The van der Waals surface area contributed by atoms with Gasteiger partial charge in [-0.25, -0.2) is 4.79 Å². The first kappa shape index (κ1) is 10.5. The summed E-state index contributed by atoms with van der Waals surface area (Å²) in [6.07, 6.45) is 0. The minimum absolute atomic E-state index is 0.0457. The molecule has 2 rings (SSSR count). The van der Waals surface area contributed by atoms with Crippen molar-refractivity contribution >= 4 is 16.9 Å². The molecule has 0 aromatic carbocycles. The van der Waals surface area contributed by atoms with Crippen molar-refractivity contribution in [2.24, 2.45) is 7.05 Å². The molecule has 0 saturated carbocycles. The molecule has 0 fully saturated rings. The van der Waals surface area contributed by atoms with Gasteiger partial charge >= 0.3 is 5.97 Å². The van der Waals surface area contributed by atoms with Gasteiger partial charge in [-0.1, -0.05) is 0 Å². The summed E-state index contributed by atoms with van der Waals surface area (Å²) in [5, 5.41) is 9.17. The van der Waals surface area contributed by atoms with E-state index in [-0.39, 0.29) is 22.3 Å². The highest BCUT2D eigenvalue weighted by atomic mass is 16.4. The molecule has 0 aliphatic rings. The molecular formula is C11H11NO4. The fourth-order valence-electron chi connectivity index (χ4n) is 1.75. The van der Waals surface area contributed by atoms with Gasteiger partial charge in [0.25, 0.3) is 5.56 Å². The maximum atomic E-state index is 11.9. The van der Waals surface area contributed by atoms with Gasteiger partial charge in [0, 0.05) is 18.8 Å². The highest BCUT2D eigenvalue weighted by molar-refractivity contribution is 6.03. The van der Waals surface area contributed by atoms with E-state index in [9.17, 15) is 9.59 Å². The number of pyridine rings is 1. The van der Waals surface area contributed by atoms with Crippen LogP contribution in [0.15, 0.2) is 15.3 Å². The van der Waals surface area contributed by atoms with Crippen LogP contribution in [0.5, 0.6) is 0 Å². The molecule has 5 heteroatoms. The van der Waals surface area contributed by atoms with Crippen LogP contribution in [0.1, 0.15) is 21.8 Å². The van der Waals surface area contributed by atoms with Crippen LogP contribution in [0.3, 0.4) is 0 Å². The highest BCUT2D eigenvalue weighted by Gasteiger charge is 2.21. The molecule has 0 atom stereocenters. The van der Waals surface area contributed by atoms with Gasteiger partial charge in [0.1, 0.15) is 22.3 Å². The van der Waals surface area contributed by atoms with E-state index in [1.54, 1.807) is 20.0 Å². The zero-order valence-corrected chi connectivity index (χ0v) is 9.20. The lowest BCUT2D eigenvalue weighted by atomic mass is 10.1. The Morgan fingerprint density at radius 2 is 2.06 bits per heavy atom. The third-order valence-electron chi connectivity index (χ3n) is 2.71. The summed E-state index contributed by atoms with van der Waals surface area (Å²) >= 11 is 0. The number of furan rings is 1. The van der Waals surface area contributed by atoms with Gasteiger partial charge in [0.2, 0.25) is 0 Å². The van der Waals surface area contributed by atoms with Crippen LogP contribution in [-0.4, -0.2) is 15.6 Å². The van der Waals surface area contributed by atoms with Crippen molar-refractivity contribution in [1.82, 2.24) is 4.57 Å². The Hall–Kier alpha value is -2.04. The van der Waals surface area contributed by atoms with Gasteiger partial charge in [-0.05, 0) is 13.8 Å². The predicted octanol–water partition coefficient (Wildman–Crippen LogP) is 1.45. The molecule has 0 radical (unpaired) electrons. The lowest BCUT2D eigenvalue weighted by molar-refractivity contribution is 0.0697. The molecule has 0 spiro atoms. The number of carboxylic acid groups (broad SMARTS) is 1. The van der Waals surface area contributed by atoms with Crippen molar-refractivity contribution < 1.29 is 14.3 Å². The molecule has 0 saturated heterocycles. The summed E-state index contributed by atoms with van der Waals surface area (Å²) in [5.41, 5.74) is 0.665. The molecule has 0 amide bonds. The predicted molar refractivity (Wildman–Crippen MR) is 57.9 cm³/mol. The fraction of sp³-hybridized carbons (Fsp3) is 0.273. The lowest BCUT2D eigenvalue weighted by Gasteiger charge is -2.01. The second-order valence-corrected chi connectivity index (χ2v) is 3.73. The van der Waals surface area contributed by atoms with E-state index in [1.165, 1.54) is 11.5 Å². The standard InChI is InChI=1S/C11H11NO4/c1-5-4-7-9(10(13)12(5)3)8(11(14)15)6(2)16-7/h4H,1-3H3,(H,14,15). The number of rotatable bonds is 1. The number of aromatic carboxylic acids is 1. The van der Waals surface area contributed by atoms with E-state index >= 15 is 0 Å². The molecule has 84 valence electrons. The van der Waals surface area contributed by atoms with Crippen molar-refractivity contribution in [3.8, 4) is 0 Å². The Kier molecular flexibility index (Phi) is 2.11. The second kappa shape index (κ2) is 3.23. The average molecular weight is 221 g/mol. The van der Waals surface area contributed by atoms with Crippen molar-refractivity contribution in [3.05, 3.63) is 33.4 Å². The Bertz CT molecular complexity index is 648. The van der Waals surface area contributed by atoms with E-state index in [0.717, 1.165) is 5.69 Å². The summed E-state index contributed by atoms with van der Waals surface area (Å²) < 4.78 is 6.69. The fourth-order valence-corrected chi connectivity index (χ4v) is 1.75. The monoisotopic (exact) mass is 221 g/mol. The third kappa shape index (κ3) is 1.25. The molecule has 2 aromatic heterocycles. The smallest absolute Gasteiger partial charge is 0.340 e. The van der Waals surface area contributed by atoms with Crippen molar-refractivity contribution in [2.45, 2.75) is 13.8 Å². The summed E-state index contributed by atoms with van der Waals surface area (Å²) in [6, 6.07) is 1.66. The first-order valence-electron chi connectivity index (χ1n) is 4.76. The molecule has 5 nitrogen and oxygen atoms in total. The molecule has 2 aromatic rings. The summed E-state index contributed by atoms with van der Waals surface area (Å²) in [6.45, 7) is 3.30. The van der Waals surface area contributed by atoms with Gasteiger partial charge in [0.15, 0.2) is 0 Å². The Morgan fingerprint density at radius 1 is 1.44 bits per heavy atom. The zero-order chi connectivity index (χ0) is 12.0. The van der Waals surface area contributed by atoms with Crippen molar-refractivity contribution in [3.63, 3.8) is 0 Å². The SMILES string of the molecule is Cc1oc2cc(C)n(C)c(=O)c2c1C(=O)O. The minimum atomic E-state index is -1.14. The topological polar surface area (TPSA) is 72.4 Å². The summed E-state index contributed by atoms with van der Waals surface area (Å²) in [7, 11) is 1.60. The van der Waals surface area contributed by atoms with Gasteiger partial charge in [-0.2, -0.15) is 0 Å². The Labute approximate surface area is 90.9 Å². The Morgan fingerprint density at radius 3 is 2.62 bits per heavy atom. The van der Waals surface area contributed by atoms with Crippen LogP contribution in [-0.2, 0) is 7.05 Å². The maximum absolute atomic E-state index is 11.9. The summed E-state index contributed by atoms with van der Waals surface area (Å²) in [5.74, 6) is -0.887. The van der Waals surface area contributed by atoms with Gasteiger partial charge in [0.05, 0.1) is 0 Å². The number of nitrogens with zero attached hydrogens (tertiary/aromatic N) is 1. The quantitative estimate of drug-likeness (QED) is 0.790. The van der Waals surface area contributed by atoms with E-state index in [1.807, 2.05) is 0 Å². The summed E-state index contributed by atoms with van der Waals surface area (Å²) in [4.78, 5) is 23.0. The lowest BCUT2D eigenvalue weighted by Crippen LogP contribution is -2.19. The maximum Gasteiger partial charge on any atom is 0.340 e. The van der Waals surface area contributed by atoms with Gasteiger partial charge in [-0.15, -0.1) is 0 Å². The van der Waals surface area contributed by atoms with E-state index in [4.69, 9.17) is 9.52 Å². The number of carbonyl (C=O) groups is 1. The molecule has 0 aliphatic carbocycles. The molecular weight excluding hydrogens is 210 g/mol. The molecule has 2 heterocycles. The molecule has 1 N–H and O–H groups in total. The van der Waals surface area contributed by atoms with Crippen LogP contribution in [0.25, 0.3) is 11.0 Å². The first-order chi connectivity index (χ1) is 7.43. The zero-order valence-electron chi connectivity index (χ0n) is 9.20. The number of aromatic nitrogens is 1. The van der Waals surface area contributed by atoms with Crippen LogP contribution >= 0.6 is 0 Å². The molecule has 16 heavy (non-hydrogen) atoms. The van der Waals surface area contributed by atoms with E-state index < -0.39 is 5.97 Å². The number of carboxylic acids is 1. The third-order valence-corrected chi connectivity index (χ3v) is 2.71. The van der Waals surface area contributed by atoms with Crippen molar-refractivity contribution in [1.29, 1.82) is 0 Å². The van der Waals surface area contributed by atoms with E-state index in [2.05, 4.69) is 0 Å². The minimum Gasteiger partial charge on any atom is -0.478 e. The van der Waals surface area contributed by atoms with Gasteiger partial charge < -0.3 is 14.1 Å². The average Bonchev–Trinajstić information content (AvgIpc) is 2.51. The Balaban J connectivity index is 3.05. The number of aryl methyl sites for hydroxylation is 2. The van der Waals surface area contributed by atoms with Crippen molar-refractivity contribution in [2.75, 3.05) is 0 Å². The normalized spacial score (nSPS) is 10.9. The number of fused-ring (bicyclic) bond motifs is 1. The molecule has 0 unspecified atom stereocenters. The van der Waals surface area contributed by atoms with E-state index in [0.29, 0.717) is 5.58 Å². The van der Waals surface area contributed by atoms with Crippen LogP contribution in [0.4, 0.5) is 0 Å². The van der Waals surface area contributed by atoms with Crippen LogP contribution in [0, 0.1) is 13.8 Å². The second-order valence-electron chi connectivity index (χ2n) is 3.73. The number of hydrogen-bond donors (Lipinski definition) is 1. The largest absolute Gasteiger partial charge is 0.478 e.